The lowest BCUT2D eigenvalue weighted by Crippen LogP contribution is -2.03. The number of hydrogen-bond acceptors (Lipinski definition) is 4. The van der Waals surface area contributed by atoms with Gasteiger partial charge >= 0.3 is 0 Å². The molecule has 12 aromatic rings. The normalized spacial score (nSPS) is 12.2. The summed E-state index contributed by atoms with van der Waals surface area (Å²) in [6.45, 7) is 0. The van der Waals surface area contributed by atoms with E-state index in [1.54, 1.807) is 11.3 Å². The van der Waals surface area contributed by atoms with Crippen LogP contribution in [0.4, 0.5) is 0 Å². The van der Waals surface area contributed by atoms with Gasteiger partial charge in [-0.2, -0.15) is 0 Å². The van der Waals surface area contributed by atoms with Gasteiger partial charge in [0.2, 0.25) is 5.95 Å². The number of rotatable bonds is 3. The number of furan rings is 1. The molecule has 0 radical (unpaired) electrons. The number of thiophene rings is 1. The molecule has 0 fully saturated rings. The summed E-state index contributed by atoms with van der Waals surface area (Å²) in [5, 5.41) is 10.5. The SMILES string of the molecule is c1ccc(-c2nc(-n3c4ccccc4c4ccc5c6ccccc6oc5c43)nc3c2sc2c4ccccc4c(-c4cccc5ccccc45)cc32)cc1. The van der Waals surface area contributed by atoms with Crippen molar-refractivity contribution in [2.75, 3.05) is 0 Å². The monoisotopic (exact) mass is 693 g/mol. The Hall–Kier alpha value is -6.82. The second-order valence-corrected chi connectivity index (χ2v) is 14.7. The van der Waals surface area contributed by atoms with E-state index in [1.807, 2.05) is 12.1 Å². The molecule has 0 unspecified atom stereocenters. The van der Waals surface area contributed by atoms with Crippen LogP contribution in [0.2, 0.25) is 0 Å². The molecule has 0 spiro atoms. The van der Waals surface area contributed by atoms with Crippen molar-refractivity contribution in [2.45, 2.75) is 0 Å². The summed E-state index contributed by atoms with van der Waals surface area (Å²) >= 11 is 1.79. The standard InChI is InChI=1S/C48H27N3OS/c1-2-14-29(15-3-1)42-47-43(39-27-38(32-18-6-7-21-37(32)46(39)53-47)31-22-12-16-28-13-4-5-17-30(28)31)50-48(49-42)51-40-23-10-8-19-33(40)35-25-26-36-34-20-9-11-24-41(34)52-45(36)44(35)51/h1-27H. The molecule has 12 rings (SSSR count). The van der Waals surface area contributed by atoms with E-state index in [4.69, 9.17) is 14.4 Å². The maximum Gasteiger partial charge on any atom is 0.236 e. The Balaban J connectivity index is 1.25. The average molecular weight is 694 g/mol. The van der Waals surface area contributed by atoms with Crippen LogP contribution in [-0.2, 0) is 0 Å². The zero-order valence-electron chi connectivity index (χ0n) is 28.2. The van der Waals surface area contributed by atoms with E-state index in [0.717, 1.165) is 70.6 Å². The third-order valence-electron chi connectivity index (χ3n) is 10.8. The first-order valence-corrected chi connectivity index (χ1v) is 18.7. The molecular weight excluding hydrogens is 667 g/mol. The van der Waals surface area contributed by atoms with Crippen LogP contribution < -0.4 is 0 Å². The van der Waals surface area contributed by atoms with Crippen molar-refractivity contribution in [1.29, 1.82) is 0 Å². The quantitative estimate of drug-likeness (QED) is 0.185. The van der Waals surface area contributed by atoms with Crippen LogP contribution in [0, 0.1) is 0 Å². The maximum absolute atomic E-state index is 6.69. The number of hydrogen-bond donors (Lipinski definition) is 0. The fourth-order valence-corrected chi connectivity index (χ4v) is 9.74. The van der Waals surface area contributed by atoms with Crippen molar-refractivity contribution in [3.05, 3.63) is 164 Å². The molecule has 0 saturated heterocycles. The first-order valence-electron chi connectivity index (χ1n) is 17.8. The third-order valence-corrected chi connectivity index (χ3v) is 12.0. The van der Waals surface area contributed by atoms with Crippen molar-refractivity contribution in [3.63, 3.8) is 0 Å². The van der Waals surface area contributed by atoms with E-state index in [-0.39, 0.29) is 0 Å². The molecule has 4 nitrogen and oxygen atoms in total. The first-order chi connectivity index (χ1) is 26.3. The molecule has 53 heavy (non-hydrogen) atoms. The molecule has 4 heterocycles. The average Bonchev–Trinajstić information content (AvgIpc) is 3.90. The highest BCUT2D eigenvalue weighted by molar-refractivity contribution is 7.27. The molecular formula is C48H27N3OS. The van der Waals surface area contributed by atoms with Crippen molar-refractivity contribution < 1.29 is 4.42 Å². The summed E-state index contributed by atoms with van der Waals surface area (Å²) in [6.07, 6.45) is 0. The number of benzene rings is 8. The molecule has 0 atom stereocenters. The molecule has 0 bridgehead atoms. The predicted molar refractivity (Wildman–Crippen MR) is 222 cm³/mol. The van der Waals surface area contributed by atoms with Gasteiger partial charge in [0.1, 0.15) is 11.1 Å². The highest BCUT2D eigenvalue weighted by Crippen LogP contribution is 2.47. The molecule has 0 N–H and O–H groups in total. The van der Waals surface area contributed by atoms with Crippen molar-refractivity contribution in [3.8, 4) is 28.3 Å². The van der Waals surface area contributed by atoms with Crippen LogP contribution >= 0.6 is 11.3 Å². The number of para-hydroxylation sites is 2. The van der Waals surface area contributed by atoms with E-state index >= 15 is 0 Å². The maximum atomic E-state index is 6.69. The van der Waals surface area contributed by atoms with Gasteiger partial charge in [-0.3, -0.25) is 4.57 Å². The smallest absolute Gasteiger partial charge is 0.236 e. The summed E-state index contributed by atoms with van der Waals surface area (Å²) in [4.78, 5) is 11.1. The van der Waals surface area contributed by atoms with Crippen LogP contribution in [0.1, 0.15) is 0 Å². The first kappa shape index (κ1) is 28.8. The van der Waals surface area contributed by atoms with Crippen LogP contribution in [0.3, 0.4) is 0 Å². The van der Waals surface area contributed by atoms with Crippen LogP contribution in [-0.4, -0.2) is 14.5 Å². The lowest BCUT2D eigenvalue weighted by molar-refractivity contribution is 0.671. The molecule has 0 aliphatic rings. The summed E-state index contributed by atoms with van der Waals surface area (Å²) in [7, 11) is 0. The molecule has 246 valence electrons. The fraction of sp³-hybridized carbons (Fsp3) is 0. The van der Waals surface area contributed by atoms with E-state index in [2.05, 4.69) is 156 Å². The van der Waals surface area contributed by atoms with Crippen molar-refractivity contribution >= 4 is 96.9 Å². The molecule has 4 aromatic heterocycles. The van der Waals surface area contributed by atoms with Gasteiger partial charge in [0.05, 0.1) is 21.4 Å². The number of fused-ring (bicyclic) bond motifs is 13. The third kappa shape index (κ3) is 4.05. The zero-order valence-corrected chi connectivity index (χ0v) is 29.1. The zero-order chi connectivity index (χ0) is 34.6. The fourth-order valence-electron chi connectivity index (χ4n) is 8.47. The van der Waals surface area contributed by atoms with E-state index in [9.17, 15) is 0 Å². The van der Waals surface area contributed by atoms with Crippen molar-refractivity contribution in [2.24, 2.45) is 0 Å². The van der Waals surface area contributed by atoms with Gasteiger partial charge in [-0.05, 0) is 51.6 Å². The van der Waals surface area contributed by atoms with Crippen molar-refractivity contribution in [1.82, 2.24) is 14.5 Å². The second kappa shape index (κ2) is 10.8. The van der Waals surface area contributed by atoms with Gasteiger partial charge in [-0.25, -0.2) is 9.97 Å². The van der Waals surface area contributed by atoms with Gasteiger partial charge in [0.15, 0.2) is 5.58 Å². The van der Waals surface area contributed by atoms with Gasteiger partial charge in [-0.1, -0.05) is 140 Å². The Morgan fingerprint density at radius 3 is 2.06 bits per heavy atom. The topological polar surface area (TPSA) is 43.9 Å². The summed E-state index contributed by atoms with van der Waals surface area (Å²) < 4.78 is 11.2. The molecule has 0 saturated carbocycles. The van der Waals surface area contributed by atoms with E-state index in [0.29, 0.717) is 5.95 Å². The lowest BCUT2D eigenvalue weighted by Gasteiger charge is -2.12. The summed E-state index contributed by atoms with van der Waals surface area (Å²) in [5.74, 6) is 0.620. The van der Waals surface area contributed by atoms with E-state index < -0.39 is 0 Å². The Labute approximate surface area is 306 Å². The Kier molecular flexibility index (Phi) is 5.90. The van der Waals surface area contributed by atoms with Crippen LogP contribution in [0.5, 0.6) is 0 Å². The minimum Gasteiger partial charge on any atom is -0.454 e. The molecule has 8 aromatic carbocycles. The number of nitrogens with zero attached hydrogens (tertiary/aromatic N) is 3. The van der Waals surface area contributed by atoms with Gasteiger partial charge in [0, 0.05) is 42.6 Å². The summed E-state index contributed by atoms with van der Waals surface area (Å²) in [6, 6.07) is 58.2. The highest BCUT2D eigenvalue weighted by atomic mass is 32.1. The van der Waals surface area contributed by atoms with Gasteiger partial charge in [0.25, 0.3) is 0 Å². The minimum atomic E-state index is 0.620. The molecule has 0 aliphatic heterocycles. The molecule has 0 aliphatic carbocycles. The number of aromatic nitrogens is 3. The Morgan fingerprint density at radius 2 is 1.17 bits per heavy atom. The summed E-state index contributed by atoms with van der Waals surface area (Å²) in [5.41, 5.74) is 9.05. The molecule has 0 amide bonds. The predicted octanol–water partition coefficient (Wildman–Crippen LogP) is 13.5. The Morgan fingerprint density at radius 1 is 0.472 bits per heavy atom. The van der Waals surface area contributed by atoms with Gasteiger partial charge in [-0.15, -0.1) is 11.3 Å². The highest BCUT2D eigenvalue weighted by Gasteiger charge is 2.24. The lowest BCUT2D eigenvalue weighted by atomic mass is 9.92. The second-order valence-electron chi connectivity index (χ2n) is 13.7. The largest absolute Gasteiger partial charge is 0.454 e. The minimum absolute atomic E-state index is 0.620. The van der Waals surface area contributed by atoms with Crippen LogP contribution in [0.25, 0.3) is 114 Å². The van der Waals surface area contributed by atoms with Gasteiger partial charge < -0.3 is 4.42 Å². The Bertz CT molecular complexity index is 3460. The van der Waals surface area contributed by atoms with Crippen LogP contribution in [0.15, 0.2) is 168 Å². The van der Waals surface area contributed by atoms with E-state index in [1.165, 1.54) is 37.4 Å². The molecule has 5 heteroatoms.